The van der Waals surface area contributed by atoms with E-state index >= 15 is 0 Å². The summed E-state index contributed by atoms with van der Waals surface area (Å²) in [6.45, 7) is 2.35. The first-order valence-corrected chi connectivity index (χ1v) is 13.8. The van der Waals surface area contributed by atoms with Crippen molar-refractivity contribution in [1.29, 1.82) is 0 Å². The normalized spacial score (nSPS) is 34.7. The number of phenolic OH excluding ortho intramolecular Hbond substituents is 1. The lowest BCUT2D eigenvalue weighted by Crippen LogP contribution is -2.70. The number of likely N-dealkylation sites (tertiary alicyclic amines) is 1. The van der Waals surface area contributed by atoms with Crippen LogP contribution >= 0.6 is 0 Å². The fraction of sp³-hybridized carbons (Fsp3) is 0.600. The minimum absolute atomic E-state index is 0.0108. The van der Waals surface area contributed by atoms with Crippen LogP contribution in [0.5, 0.6) is 5.75 Å². The molecule has 0 radical (unpaired) electrons. The predicted octanol–water partition coefficient (Wildman–Crippen LogP) is 3.70. The third kappa shape index (κ3) is 2.88. The Balaban J connectivity index is 1.31. The Kier molecular flexibility index (Phi) is 4.83. The molecule has 6 heteroatoms. The average Bonchev–Trinajstić information content (AvgIpc) is 3.65. The summed E-state index contributed by atoms with van der Waals surface area (Å²) in [7, 11) is 3.61. The second-order valence-electron chi connectivity index (χ2n) is 12.4. The summed E-state index contributed by atoms with van der Waals surface area (Å²) < 4.78 is 1.49. The molecule has 3 saturated carbocycles. The largest absolute Gasteiger partial charge is 0.508 e. The average molecular weight is 488 g/mol. The Morgan fingerprint density at radius 2 is 1.94 bits per heavy atom. The zero-order valence-electron chi connectivity index (χ0n) is 21.4. The molecule has 2 heterocycles. The number of carbonyl (C=O) groups excluding carboxylic acids is 1. The monoisotopic (exact) mass is 487 g/mol. The molecule has 5 unspecified atom stereocenters. The zero-order chi connectivity index (χ0) is 24.8. The molecule has 7 rings (SSSR count). The highest BCUT2D eigenvalue weighted by molar-refractivity contribution is 5.94. The molecule has 4 fully saturated rings. The van der Waals surface area contributed by atoms with Crippen LogP contribution in [-0.2, 0) is 18.9 Å². The van der Waals surface area contributed by atoms with Gasteiger partial charge in [0.2, 0.25) is 0 Å². The number of benzene rings is 1. The van der Waals surface area contributed by atoms with Crippen molar-refractivity contribution in [2.45, 2.75) is 68.9 Å². The first-order chi connectivity index (χ1) is 17.4. The molecule has 1 aromatic heterocycles. The van der Waals surface area contributed by atoms with E-state index in [9.17, 15) is 14.7 Å². The van der Waals surface area contributed by atoms with E-state index in [2.05, 4.69) is 17.0 Å². The summed E-state index contributed by atoms with van der Waals surface area (Å²) in [5.41, 5.74) is 2.98. The van der Waals surface area contributed by atoms with E-state index in [4.69, 9.17) is 0 Å². The number of hydrogen-bond acceptors (Lipinski definition) is 4. The Morgan fingerprint density at radius 1 is 1.14 bits per heavy atom. The fourth-order valence-corrected chi connectivity index (χ4v) is 9.33. The van der Waals surface area contributed by atoms with Gasteiger partial charge < -0.3 is 14.6 Å². The summed E-state index contributed by atoms with van der Waals surface area (Å²) in [6.07, 6.45) is 11.0. The number of pyridine rings is 1. The van der Waals surface area contributed by atoms with Gasteiger partial charge in [0.1, 0.15) is 11.3 Å². The Morgan fingerprint density at radius 3 is 2.75 bits per heavy atom. The van der Waals surface area contributed by atoms with Crippen LogP contribution in [0, 0.1) is 17.3 Å². The molecule has 190 valence electrons. The Labute approximate surface area is 212 Å². The minimum Gasteiger partial charge on any atom is -0.508 e. The lowest BCUT2D eigenvalue weighted by Gasteiger charge is -2.67. The Hall–Kier alpha value is -2.60. The van der Waals surface area contributed by atoms with Crippen LogP contribution in [-0.4, -0.2) is 57.6 Å². The van der Waals surface area contributed by atoms with Crippen LogP contribution in [0.2, 0.25) is 0 Å². The van der Waals surface area contributed by atoms with Crippen molar-refractivity contribution in [1.82, 2.24) is 14.4 Å². The van der Waals surface area contributed by atoms with Gasteiger partial charge in [-0.2, -0.15) is 0 Å². The lowest BCUT2D eigenvalue weighted by molar-refractivity contribution is -0.104. The molecule has 0 spiro atoms. The van der Waals surface area contributed by atoms with Gasteiger partial charge in [-0.25, -0.2) is 0 Å². The van der Waals surface area contributed by atoms with E-state index in [1.54, 1.807) is 25.4 Å². The first-order valence-electron chi connectivity index (χ1n) is 13.8. The molecule has 5 aliphatic rings. The van der Waals surface area contributed by atoms with Gasteiger partial charge >= 0.3 is 0 Å². The number of carbonyl (C=O) groups is 1. The molecule has 1 saturated heterocycles. The quantitative estimate of drug-likeness (QED) is 0.714. The molecule has 1 aromatic carbocycles. The number of aromatic hydroxyl groups is 1. The van der Waals surface area contributed by atoms with Gasteiger partial charge in [0.25, 0.3) is 11.5 Å². The lowest BCUT2D eigenvalue weighted by atomic mass is 9.43. The van der Waals surface area contributed by atoms with Gasteiger partial charge in [0.05, 0.1) is 0 Å². The van der Waals surface area contributed by atoms with Gasteiger partial charge in [-0.1, -0.05) is 6.07 Å². The highest BCUT2D eigenvalue weighted by Gasteiger charge is 2.71. The number of phenols is 1. The summed E-state index contributed by atoms with van der Waals surface area (Å²) in [6, 6.07) is 10.2. The topological polar surface area (TPSA) is 65.8 Å². The molecule has 4 bridgehead atoms. The van der Waals surface area contributed by atoms with Crippen molar-refractivity contribution in [3.63, 3.8) is 0 Å². The van der Waals surface area contributed by atoms with Crippen molar-refractivity contribution >= 4 is 5.91 Å². The van der Waals surface area contributed by atoms with Gasteiger partial charge in [-0.05, 0) is 111 Å². The molecule has 6 nitrogen and oxygen atoms in total. The van der Waals surface area contributed by atoms with Crippen molar-refractivity contribution in [3.05, 3.63) is 63.6 Å². The number of nitrogens with zero attached hydrogens (tertiary/aromatic N) is 3. The van der Waals surface area contributed by atoms with Crippen molar-refractivity contribution in [2.75, 3.05) is 20.1 Å². The Bertz CT molecular complexity index is 1300. The maximum absolute atomic E-state index is 13.7. The van der Waals surface area contributed by atoms with Crippen molar-refractivity contribution < 1.29 is 9.90 Å². The fourth-order valence-electron chi connectivity index (χ4n) is 9.33. The number of aromatic nitrogens is 1. The highest BCUT2D eigenvalue weighted by Crippen LogP contribution is 2.72. The van der Waals surface area contributed by atoms with Crippen LogP contribution in [0.15, 0.2) is 41.3 Å². The standard InChI is InChI=1S/C30H37N3O3/c1-31-14-3-4-22(27(31)35)28(36)32(2)25-10-12-29-11-9-23(25)30(29)13-15-33(18-19-5-6-19)26(29)16-20-7-8-21(34)17-24(20)30/h3-4,7-8,14,17,19,23,25-26,34H,5-6,9-13,15-16,18H2,1-2H3. The van der Waals surface area contributed by atoms with E-state index in [-0.39, 0.29) is 33.9 Å². The molecular formula is C30H37N3O3. The van der Waals surface area contributed by atoms with E-state index in [1.807, 2.05) is 18.0 Å². The van der Waals surface area contributed by atoms with Crippen molar-refractivity contribution in [3.8, 4) is 5.75 Å². The van der Waals surface area contributed by atoms with Crippen LogP contribution in [0.1, 0.15) is 66.4 Å². The smallest absolute Gasteiger partial charge is 0.263 e. The maximum atomic E-state index is 13.7. The molecular weight excluding hydrogens is 450 g/mol. The number of fused-ring (bicyclic) bond motifs is 1. The first kappa shape index (κ1) is 22.6. The predicted molar refractivity (Wildman–Crippen MR) is 138 cm³/mol. The third-order valence-electron chi connectivity index (χ3n) is 11.0. The third-order valence-corrected chi connectivity index (χ3v) is 11.0. The summed E-state index contributed by atoms with van der Waals surface area (Å²) >= 11 is 0. The zero-order valence-corrected chi connectivity index (χ0v) is 21.4. The van der Waals surface area contributed by atoms with Crippen LogP contribution in [0.4, 0.5) is 0 Å². The second-order valence-corrected chi connectivity index (χ2v) is 12.4. The van der Waals surface area contributed by atoms with Gasteiger partial charge in [-0.15, -0.1) is 0 Å². The van der Waals surface area contributed by atoms with Crippen LogP contribution in [0.3, 0.4) is 0 Å². The SMILES string of the molecule is CN(C(=O)c1cccn(C)c1=O)C1CCC23CCC1C21CCN(CC2CC2)C3Cc2ccc(O)cc21. The van der Waals surface area contributed by atoms with E-state index in [0.717, 1.165) is 44.6 Å². The number of aryl methyl sites for hydroxylation is 1. The van der Waals surface area contributed by atoms with Gasteiger partial charge in [0.15, 0.2) is 0 Å². The number of amides is 1. The molecule has 4 aliphatic carbocycles. The minimum atomic E-state index is -0.231. The molecule has 5 atom stereocenters. The van der Waals surface area contributed by atoms with E-state index in [1.165, 1.54) is 41.5 Å². The molecule has 1 aliphatic heterocycles. The molecule has 36 heavy (non-hydrogen) atoms. The second kappa shape index (κ2) is 7.70. The van der Waals surface area contributed by atoms with E-state index in [0.29, 0.717) is 17.7 Å². The van der Waals surface area contributed by atoms with Crippen molar-refractivity contribution in [2.24, 2.45) is 24.3 Å². The van der Waals surface area contributed by atoms with Gasteiger partial charge in [-0.3, -0.25) is 14.5 Å². The number of piperidine rings is 1. The summed E-state index contributed by atoms with van der Waals surface area (Å²) in [5.74, 6) is 1.42. The molecule has 1 N–H and O–H groups in total. The number of rotatable bonds is 4. The molecule has 2 aromatic rings. The van der Waals surface area contributed by atoms with Crippen LogP contribution in [0.25, 0.3) is 0 Å². The van der Waals surface area contributed by atoms with E-state index < -0.39 is 0 Å². The van der Waals surface area contributed by atoms with Gasteiger partial charge in [0, 0.05) is 44.3 Å². The molecule has 1 amide bonds. The maximum Gasteiger partial charge on any atom is 0.263 e. The van der Waals surface area contributed by atoms with Crippen LogP contribution < -0.4 is 5.56 Å². The summed E-state index contributed by atoms with van der Waals surface area (Å²) in [5, 5.41) is 10.6. The highest BCUT2D eigenvalue weighted by atomic mass is 16.3. The summed E-state index contributed by atoms with van der Waals surface area (Å²) in [4.78, 5) is 31.2. The number of hydrogen-bond donors (Lipinski definition) is 1.